The first-order valence-electron chi connectivity index (χ1n) is 7.10. The molecule has 2 rings (SSSR count). The van der Waals surface area contributed by atoms with E-state index in [-0.39, 0.29) is 18.0 Å². The van der Waals surface area contributed by atoms with Crippen LogP contribution in [0.5, 0.6) is 0 Å². The molecule has 2 unspecified atom stereocenters. The van der Waals surface area contributed by atoms with Crippen LogP contribution in [0.3, 0.4) is 0 Å². The van der Waals surface area contributed by atoms with Crippen molar-refractivity contribution in [3.8, 4) is 0 Å². The lowest BCUT2D eigenvalue weighted by atomic mass is 9.89. The van der Waals surface area contributed by atoms with Crippen LogP contribution in [0.15, 0.2) is 0 Å². The van der Waals surface area contributed by atoms with Crippen molar-refractivity contribution in [2.24, 2.45) is 0 Å². The minimum atomic E-state index is -0.344. The van der Waals surface area contributed by atoms with Crippen molar-refractivity contribution < 1.29 is 19.0 Å². The molecule has 0 aromatic carbocycles. The summed E-state index contributed by atoms with van der Waals surface area (Å²) < 4.78 is 16.5. The molecule has 0 aliphatic heterocycles. The Bertz CT molecular complexity index is 259. The number of hydrogen-bond acceptors (Lipinski definition) is 4. The minimum absolute atomic E-state index is 0.0162. The predicted octanol–water partition coefficient (Wildman–Crippen LogP) is 2.10. The van der Waals surface area contributed by atoms with E-state index in [9.17, 15) is 4.79 Å². The molecule has 2 fully saturated rings. The van der Waals surface area contributed by atoms with E-state index in [1.54, 1.807) is 7.11 Å². The van der Waals surface area contributed by atoms with E-state index in [2.05, 4.69) is 0 Å². The number of carbonyl (C=O) groups is 1. The maximum atomic E-state index is 11.5. The highest BCUT2D eigenvalue weighted by Gasteiger charge is 2.42. The lowest BCUT2D eigenvalue weighted by Crippen LogP contribution is -2.52. The minimum Gasteiger partial charge on any atom is -0.382 e. The summed E-state index contributed by atoms with van der Waals surface area (Å²) in [6, 6.07) is 0. The van der Waals surface area contributed by atoms with Gasteiger partial charge < -0.3 is 14.2 Å². The van der Waals surface area contributed by atoms with Crippen LogP contribution in [-0.2, 0) is 19.0 Å². The number of ether oxygens (including phenoxy) is 3. The summed E-state index contributed by atoms with van der Waals surface area (Å²) in [6.07, 6.45) is 7.90. The van der Waals surface area contributed by atoms with Gasteiger partial charge in [-0.2, -0.15) is 0 Å². The second kappa shape index (κ2) is 7.22. The molecular formula is C14H24O4. The molecule has 104 valence electrons. The molecular weight excluding hydrogens is 232 g/mol. The number of Topliss-reactive ketones (excluding diaryl/α,β-unsaturated/α-hetero) is 1. The maximum Gasteiger partial charge on any atom is 0.166 e. The van der Waals surface area contributed by atoms with Gasteiger partial charge in [-0.25, -0.2) is 0 Å². The van der Waals surface area contributed by atoms with Gasteiger partial charge >= 0.3 is 0 Å². The van der Waals surface area contributed by atoms with Gasteiger partial charge in [0.2, 0.25) is 0 Å². The number of hydrogen-bond donors (Lipinski definition) is 0. The first-order valence-corrected chi connectivity index (χ1v) is 7.10. The van der Waals surface area contributed by atoms with Gasteiger partial charge in [0.15, 0.2) is 5.78 Å². The zero-order valence-electron chi connectivity index (χ0n) is 11.2. The Hall–Kier alpha value is -0.450. The van der Waals surface area contributed by atoms with E-state index >= 15 is 0 Å². The summed E-state index contributed by atoms with van der Waals surface area (Å²) in [4.78, 5) is 11.5. The first kappa shape index (κ1) is 14.0. The third-order valence-electron chi connectivity index (χ3n) is 3.81. The van der Waals surface area contributed by atoms with Crippen molar-refractivity contribution in [3.05, 3.63) is 0 Å². The Kier molecular flexibility index (Phi) is 5.60. The van der Waals surface area contributed by atoms with Crippen molar-refractivity contribution in [1.82, 2.24) is 0 Å². The molecule has 0 aromatic heterocycles. The molecule has 0 bridgehead atoms. The van der Waals surface area contributed by atoms with Crippen LogP contribution in [0.2, 0.25) is 0 Å². The van der Waals surface area contributed by atoms with Crippen molar-refractivity contribution >= 4 is 5.78 Å². The van der Waals surface area contributed by atoms with Crippen molar-refractivity contribution in [2.45, 2.75) is 63.3 Å². The predicted molar refractivity (Wildman–Crippen MR) is 67.6 cm³/mol. The summed E-state index contributed by atoms with van der Waals surface area (Å²) in [5.74, 6) is 0.171. The SMILES string of the molecule is COCCOC1C(=O)CC1OC1CCCCCC1. The van der Waals surface area contributed by atoms with E-state index in [0.29, 0.717) is 25.7 Å². The third kappa shape index (κ3) is 3.77. The Labute approximate surface area is 109 Å². The highest BCUT2D eigenvalue weighted by atomic mass is 16.6. The number of ketones is 1. The van der Waals surface area contributed by atoms with Crippen molar-refractivity contribution in [1.29, 1.82) is 0 Å². The molecule has 0 radical (unpaired) electrons. The van der Waals surface area contributed by atoms with Gasteiger partial charge in [0.1, 0.15) is 6.10 Å². The highest BCUT2D eigenvalue weighted by Crippen LogP contribution is 2.28. The number of carbonyl (C=O) groups excluding carboxylic acids is 1. The Morgan fingerprint density at radius 3 is 2.44 bits per heavy atom. The van der Waals surface area contributed by atoms with Crippen molar-refractivity contribution in [3.63, 3.8) is 0 Å². The Balaban J connectivity index is 1.72. The second-order valence-corrected chi connectivity index (χ2v) is 5.24. The second-order valence-electron chi connectivity index (χ2n) is 5.24. The summed E-state index contributed by atoms with van der Waals surface area (Å²) in [7, 11) is 1.63. The fraction of sp³-hybridized carbons (Fsp3) is 0.929. The zero-order chi connectivity index (χ0) is 12.8. The lowest BCUT2D eigenvalue weighted by molar-refractivity contribution is -0.176. The topological polar surface area (TPSA) is 44.8 Å². The molecule has 18 heavy (non-hydrogen) atoms. The zero-order valence-corrected chi connectivity index (χ0v) is 11.2. The molecule has 0 heterocycles. The average molecular weight is 256 g/mol. The van der Waals surface area contributed by atoms with Crippen LogP contribution in [0.25, 0.3) is 0 Å². The van der Waals surface area contributed by atoms with E-state index < -0.39 is 0 Å². The molecule has 2 atom stereocenters. The summed E-state index contributed by atoms with van der Waals surface area (Å²) in [5, 5.41) is 0. The van der Waals surface area contributed by atoms with Gasteiger partial charge in [-0.05, 0) is 12.8 Å². The molecule has 2 saturated carbocycles. The van der Waals surface area contributed by atoms with Gasteiger partial charge in [0, 0.05) is 13.5 Å². The van der Waals surface area contributed by atoms with Crippen LogP contribution in [0, 0.1) is 0 Å². The molecule has 0 amide bonds. The molecule has 2 aliphatic rings. The largest absolute Gasteiger partial charge is 0.382 e. The fourth-order valence-corrected chi connectivity index (χ4v) is 2.67. The van der Waals surface area contributed by atoms with Crippen LogP contribution in [0.1, 0.15) is 44.9 Å². The summed E-state index contributed by atoms with van der Waals surface area (Å²) in [6.45, 7) is 0.997. The van der Waals surface area contributed by atoms with Crippen LogP contribution in [-0.4, -0.2) is 44.4 Å². The Morgan fingerprint density at radius 1 is 1.11 bits per heavy atom. The molecule has 2 aliphatic carbocycles. The van der Waals surface area contributed by atoms with Gasteiger partial charge in [-0.3, -0.25) is 4.79 Å². The average Bonchev–Trinajstić information content (AvgIpc) is 2.63. The summed E-state index contributed by atoms with van der Waals surface area (Å²) >= 11 is 0. The van der Waals surface area contributed by atoms with Gasteiger partial charge in [-0.1, -0.05) is 25.7 Å². The highest BCUT2D eigenvalue weighted by molar-refractivity contribution is 5.90. The molecule has 0 spiro atoms. The molecule has 0 aromatic rings. The van der Waals surface area contributed by atoms with E-state index in [0.717, 1.165) is 12.8 Å². The van der Waals surface area contributed by atoms with Crippen LogP contribution >= 0.6 is 0 Å². The monoisotopic (exact) mass is 256 g/mol. The standard InChI is InChI=1S/C14H24O4/c1-16-8-9-17-14-12(15)10-13(14)18-11-6-4-2-3-5-7-11/h11,13-14H,2-10H2,1H3. The lowest BCUT2D eigenvalue weighted by Gasteiger charge is -2.36. The Morgan fingerprint density at radius 2 is 1.83 bits per heavy atom. The van der Waals surface area contributed by atoms with Gasteiger partial charge in [0.05, 0.1) is 25.4 Å². The van der Waals surface area contributed by atoms with Crippen LogP contribution in [0.4, 0.5) is 0 Å². The normalized spacial score (nSPS) is 29.9. The smallest absolute Gasteiger partial charge is 0.166 e. The number of methoxy groups -OCH3 is 1. The fourth-order valence-electron chi connectivity index (χ4n) is 2.67. The van der Waals surface area contributed by atoms with E-state index in [1.807, 2.05) is 0 Å². The maximum absolute atomic E-state index is 11.5. The first-order chi connectivity index (χ1) is 8.81. The van der Waals surface area contributed by atoms with E-state index in [4.69, 9.17) is 14.2 Å². The van der Waals surface area contributed by atoms with Gasteiger partial charge in [0.25, 0.3) is 0 Å². The number of rotatable bonds is 6. The van der Waals surface area contributed by atoms with Crippen molar-refractivity contribution in [2.75, 3.05) is 20.3 Å². The quantitative estimate of drug-likeness (QED) is 0.539. The molecule has 4 nitrogen and oxygen atoms in total. The summed E-state index contributed by atoms with van der Waals surface area (Å²) in [5.41, 5.74) is 0. The van der Waals surface area contributed by atoms with Gasteiger partial charge in [-0.15, -0.1) is 0 Å². The molecule has 4 heteroatoms. The van der Waals surface area contributed by atoms with E-state index in [1.165, 1.54) is 25.7 Å². The van der Waals surface area contributed by atoms with Crippen LogP contribution < -0.4 is 0 Å². The third-order valence-corrected chi connectivity index (χ3v) is 3.81. The molecule has 0 saturated heterocycles. The molecule has 0 N–H and O–H groups in total.